The van der Waals surface area contributed by atoms with E-state index in [1.807, 2.05) is 36.4 Å². The minimum atomic E-state index is 0.411. The highest BCUT2D eigenvalue weighted by Crippen LogP contribution is 1.99. The van der Waals surface area contributed by atoms with Crippen LogP contribution in [0, 0.1) is 0 Å². The van der Waals surface area contributed by atoms with Crippen LogP contribution in [0.3, 0.4) is 0 Å². The van der Waals surface area contributed by atoms with Gasteiger partial charge in [-0.3, -0.25) is 0 Å². The van der Waals surface area contributed by atoms with Gasteiger partial charge in [-0.25, -0.2) is 0 Å². The molecule has 0 saturated heterocycles. The minimum absolute atomic E-state index is 0.411. The van der Waals surface area contributed by atoms with Gasteiger partial charge in [0.25, 0.3) is 0 Å². The zero-order valence-corrected chi connectivity index (χ0v) is 6.84. The van der Waals surface area contributed by atoms with Crippen LogP contribution in [0.25, 0.3) is 6.08 Å². The van der Waals surface area contributed by atoms with E-state index in [0.717, 1.165) is 5.56 Å². The number of hydrogen-bond acceptors (Lipinski definition) is 1. The molecule has 2 N–H and O–H groups in total. The van der Waals surface area contributed by atoms with Gasteiger partial charge in [0.2, 0.25) is 0 Å². The number of benzene rings is 1. The lowest BCUT2D eigenvalue weighted by Crippen LogP contribution is -2.01. The van der Waals surface area contributed by atoms with Crippen molar-refractivity contribution in [1.29, 1.82) is 0 Å². The predicted molar refractivity (Wildman–Crippen MR) is 52.3 cm³/mol. The molecule has 2 heteroatoms. The predicted octanol–water partition coefficient (Wildman–Crippen LogP) is 1.99. The zero-order valence-electron chi connectivity index (χ0n) is 6.03. The fraction of sp³-hybridized carbons (Fsp3) is 0. The largest absolute Gasteiger partial charge is 0.390 e. The monoisotopic (exact) mass is 163 g/mol. The molecule has 0 radical (unpaired) electrons. The van der Waals surface area contributed by atoms with Gasteiger partial charge in [-0.15, -0.1) is 0 Å². The Bertz CT molecular complexity index is 264. The molecular formula is C9H9NS. The number of hydrogen-bond donors (Lipinski definition) is 1. The van der Waals surface area contributed by atoms with Crippen molar-refractivity contribution in [3.05, 3.63) is 42.0 Å². The molecule has 0 fully saturated rings. The Morgan fingerprint density at radius 1 is 1.27 bits per heavy atom. The van der Waals surface area contributed by atoms with E-state index in [1.165, 1.54) is 0 Å². The topological polar surface area (TPSA) is 26.0 Å². The summed E-state index contributed by atoms with van der Waals surface area (Å²) in [6.07, 6.45) is 3.60. The van der Waals surface area contributed by atoms with Gasteiger partial charge in [0.05, 0.1) is 4.99 Å². The molecule has 1 nitrogen and oxygen atoms in total. The fourth-order valence-corrected chi connectivity index (χ4v) is 0.811. The SMILES string of the molecule is NC(=S)C=Cc1ccccc1. The molecule has 0 atom stereocenters. The van der Waals surface area contributed by atoms with Crippen molar-refractivity contribution in [1.82, 2.24) is 0 Å². The second-order valence-corrected chi connectivity index (χ2v) is 2.62. The molecule has 1 aromatic carbocycles. The minimum Gasteiger partial charge on any atom is -0.390 e. The highest BCUT2D eigenvalue weighted by atomic mass is 32.1. The Labute approximate surface area is 71.5 Å². The van der Waals surface area contributed by atoms with E-state index in [2.05, 4.69) is 12.2 Å². The molecule has 0 amide bonds. The molecular weight excluding hydrogens is 154 g/mol. The third-order valence-electron chi connectivity index (χ3n) is 1.24. The van der Waals surface area contributed by atoms with Gasteiger partial charge >= 0.3 is 0 Å². The maximum atomic E-state index is 5.28. The van der Waals surface area contributed by atoms with Gasteiger partial charge in [0.1, 0.15) is 0 Å². The second kappa shape index (κ2) is 3.88. The Kier molecular flexibility index (Phi) is 2.81. The molecule has 0 unspecified atom stereocenters. The van der Waals surface area contributed by atoms with Crippen LogP contribution in [0.1, 0.15) is 5.56 Å². The summed E-state index contributed by atoms with van der Waals surface area (Å²) in [5.41, 5.74) is 6.40. The lowest BCUT2D eigenvalue weighted by atomic mass is 10.2. The lowest BCUT2D eigenvalue weighted by Gasteiger charge is -1.89. The maximum Gasteiger partial charge on any atom is 0.0962 e. The molecule has 0 saturated carbocycles. The van der Waals surface area contributed by atoms with Gasteiger partial charge in [0, 0.05) is 0 Å². The summed E-state index contributed by atoms with van der Waals surface area (Å²) >= 11 is 4.69. The highest BCUT2D eigenvalue weighted by molar-refractivity contribution is 7.80. The first-order chi connectivity index (χ1) is 5.29. The number of thiocarbonyl (C=S) groups is 1. The van der Waals surface area contributed by atoms with E-state index in [1.54, 1.807) is 6.08 Å². The molecule has 0 aliphatic rings. The van der Waals surface area contributed by atoms with Crippen LogP contribution in [0.5, 0.6) is 0 Å². The van der Waals surface area contributed by atoms with E-state index >= 15 is 0 Å². The summed E-state index contributed by atoms with van der Waals surface area (Å²) in [7, 11) is 0. The molecule has 1 rings (SSSR count). The standard InChI is InChI=1S/C9H9NS/c10-9(11)7-6-8-4-2-1-3-5-8/h1-7H,(H2,10,11). The summed E-state index contributed by atoms with van der Waals surface area (Å²) in [5.74, 6) is 0. The van der Waals surface area contributed by atoms with Gasteiger partial charge in [-0.2, -0.15) is 0 Å². The smallest absolute Gasteiger partial charge is 0.0962 e. The fourth-order valence-electron chi connectivity index (χ4n) is 0.743. The highest BCUT2D eigenvalue weighted by Gasteiger charge is 1.81. The van der Waals surface area contributed by atoms with Crippen molar-refractivity contribution < 1.29 is 0 Å². The van der Waals surface area contributed by atoms with Gasteiger partial charge < -0.3 is 5.73 Å². The summed E-state index contributed by atoms with van der Waals surface area (Å²) in [5, 5.41) is 0. The first-order valence-electron chi connectivity index (χ1n) is 3.31. The average Bonchev–Trinajstić information content (AvgIpc) is 2.03. The van der Waals surface area contributed by atoms with Gasteiger partial charge in [-0.1, -0.05) is 48.6 Å². The molecule has 0 bridgehead atoms. The molecule has 56 valence electrons. The number of rotatable bonds is 2. The first-order valence-corrected chi connectivity index (χ1v) is 3.72. The van der Waals surface area contributed by atoms with Crippen LogP contribution in [0.4, 0.5) is 0 Å². The first kappa shape index (κ1) is 7.95. The van der Waals surface area contributed by atoms with Crippen molar-refractivity contribution in [2.75, 3.05) is 0 Å². The molecule has 0 aliphatic carbocycles. The van der Waals surface area contributed by atoms with Crippen LogP contribution >= 0.6 is 12.2 Å². The summed E-state index contributed by atoms with van der Waals surface area (Å²) in [4.78, 5) is 0.411. The quantitative estimate of drug-likeness (QED) is 0.533. The van der Waals surface area contributed by atoms with E-state index in [4.69, 9.17) is 5.73 Å². The average molecular weight is 163 g/mol. The van der Waals surface area contributed by atoms with Crippen molar-refractivity contribution in [2.45, 2.75) is 0 Å². The Hall–Kier alpha value is -1.15. The summed E-state index contributed by atoms with van der Waals surface area (Å²) in [6.45, 7) is 0. The third-order valence-corrected chi connectivity index (χ3v) is 1.38. The van der Waals surface area contributed by atoms with Crippen molar-refractivity contribution in [2.24, 2.45) is 5.73 Å². The van der Waals surface area contributed by atoms with Crippen molar-refractivity contribution in [3.63, 3.8) is 0 Å². The van der Waals surface area contributed by atoms with Crippen LogP contribution in [-0.2, 0) is 0 Å². The van der Waals surface area contributed by atoms with Crippen molar-refractivity contribution in [3.8, 4) is 0 Å². The molecule has 1 aromatic rings. The summed E-state index contributed by atoms with van der Waals surface area (Å²) < 4.78 is 0. The molecule has 0 aromatic heterocycles. The Morgan fingerprint density at radius 2 is 1.91 bits per heavy atom. The maximum absolute atomic E-state index is 5.28. The summed E-state index contributed by atoms with van der Waals surface area (Å²) in [6, 6.07) is 9.90. The third kappa shape index (κ3) is 2.96. The molecule has 11 heavy (non-hydrogen) atoms. The van der Waals surface area contributed by atoms with Crippen LogP contribution in [0.2, 0.25) is 0 Å². The molecule has 0 spiro atoms. The lowest BCUT2D eigenvalue weighted by molar-refractivity contribution is 1.66. The zero-order chi connectivity index (χ0) is 8.10. The normalized spacial score (nSPS) is 10.2. The Morgan fingerprint density at radius 3 is 2.45 bits per heavy atom. The van der Waals surface area contributed by atoms with E-state index in [0.29, 0.717) is 4.99 Å². The van der Waals surface area contributed by atoms with Crippen LogP contribution in [-0.4, -0.2) is 4.99 Å². The van der Waals surface area contributed by atoms with Crippen LogP contribution < -0.4 is 5.73 Å². The Balaban J connectivity index is 2.72. The van der Waals surface area contributed by atoms with E-state index in [9.17, 15) is 0 Å². The molecule has 0 heterocycles. The van der Waals surface area contributed by atoms with E-state index in [-0.39, 0.29) is 0 Å². The van der Waals surface area contributed by atoms with Gasteiger partial charge in [-0.05, 0) is 11.6 Å². The van der Waals surface area contributed by atoms with E-state index < -0.39 is 0 Å². The van der Waals surface area contributed by atoms with Crippen molar-refractivity contribution >= 4 is 23.3 Å². The van der Waals surface area contributed by atoms with Gasteiger partial charge in [0.15, 0.2) is 0 Å². The molecule has 0 aliphatic heterocycles. The van der Waals surface area contributed by atoms with Crippen LogP contribution in [0.15, 0.2) is 36.4 Å². The number of nitrogens with two attached hydrogens (primary N) is 1. The second-order valence-electron chi connectivity index (χ2n) is 2.15.